The standard InChI is InChI=1S/C19H22N2O5/c1-10(2)26-19(24)15-11(3)16(20-12(15)4)17(22)21-14-8-6-7-13(9-14)18(23)25-5/h6-10,20H,1-5H3,(H,21,22). The SMILES string of the molecule is COC(=O)c1cccc(NC(=O)c2[nH]c(C)c(C(=O)OC(C)C)c2C)c1. The van der Waals surface area contributed by atoms with Crippen molar-refractivity contribution in [1.29, 1.82) is 0 Å². The Morgan fingerprint density at radius 2 is 1.81 bits per heavy atom. The number of anilines is 1. The van der Waals surface area contributed by atoms with Gasteiger partial charge in [-0.3, -0.25) is 4.79 Å². The lowest BCUT2D eigenvalue weighted by Crippen LogP contribution is -2.15. The summed E-state index contributed by atoms with van der Waals surface area (Å²) in [6, 6.07) is 6.40. The maximum atomic E-state index is 12.6. The molecule has 1 aromatic carbocycles. The fourth-order valence-corrected chi connectivity index (χ4v) is 2.59. The topological polar surface area (TPSA) is 97.5 Å². The Bertz CT molecular complexity index is 852. The van der Waals surface area contributed by atoms with Crippen LogP contribution < -0.4 is 5.32 Å². The number of aryl methyl sites for hydroxylation is 1. The van der Waals surface area contributed by atoms with Crippen LogP contribution in [-0.2, 0) is 9.47 Å². The van der Waals surface area contributed by atoms with Crippen LogP contribution in [0.1, 0.15) is 56.3 Å². The predicted octanol–water partition coefficient (Wildman–Crippen LogP) is 3.24. The maximum Gasteiger partial charge on any atom is 0.340 e. The van der Waals surface area contributed by atoms with Gasteiger partial charge < -0.3 is 19.8 Å². The van der Waals surface area contributed by atoms with Crippen LogP contribution in [-0.4, -0.2) is 36.0 Å². The minimum absolute atomic E-state index is 0.255. The van der Waals surface area contributed by atoms with Crippen LogP contribution in [0.5, 0.6) is 0 Å². The molecule has 1 amide bonds. The number of hydrogen-bond acceptors (Lipinski definition) is 5. The first kappa shape index (κ1) is 19.2. The van der Waals surface area contributed by atoms with Crippen molar-refractivity contribution in [2.24, 2.45) is 0 Å². The summed E-state index contributed by atoms with van der Waals surface area (Å²) in [5, 5.41) is 2.71. The van der Waals surface area contributed by atoms with Crippen LogP contribution in [0, 0.1) is 13.8 Å². The largest absolute Gasteiger partial charge is 0.465 e. The second-order valence-corrected chi connectivity index (χ2v) is 6.11. The van der Waals surface area contributed by atoms with Gasteiger partial charge in [-0.2, -0.15) is 0 Å². The summed E-state index contributed by atoms with van der Waals surface area (Å²) in [4.78, 5) is 39.3. The van der Waals surface area contributed by atoms with Crippen molar-refractivity contribution in [3.05, 3.63) is 52.3 Å². The summed E-state index contributed by atoms with van der Waals surface area (Å²) < 4.78 is 9.89. The highest BCUT2D eigenvalue weighted by atomic mass is 16.5. The monoisotopic (exact) mass is 358 g/mol. The fourth-order valence-electron chi connectivity index (χ4n) is 2.59. The number of ether oxygens (including phenoxy) is 2. The summed E-state index contributed by atoms with van der Waals surface area (Å²) in [6.07, 6.45) is -0.255. The number of carbonyl (C=O) groups is 3. The summed E-state index contributed by atoms with van der Waals surface area (Å²) in [5.41, 5.74) is 2.45. The number of benzene rings is 1. The molecule has 7 nitrogen and oxygen atoms in total. The zero-order valence-electron chi connectivity index (χ0n) is 15.4. The second-order valence-electron chi connectivity index (χ2n) is 6.11. The molecule has 2 N–H and O–H groups in total. The number of aromatic amines is 1. The van der Waals surface area contributed by atoms with Crippen molar-refractivity contribution in [2.45, 2.75) is 33.8 Å². The lowest BCUT2D eigenvalue weighted by molar-refractivity contribution is 0.0376. The molecule has 0 aliphatic rings. The molecule has 1 heterocycles. The lowest BCUT2D eigenvalue weighted by atomic mass is 10.1. The Morgan fingerprint density at radius 3 is 2.42 bits per heavy atom. The van der Waals surface area contributed by atoms with E-state index in [4.69, 9.17) is 4.74 Å². The molecule has 0 unspecified atom stereocenters. The van der Waals surface area contributed by atoms with Crippen LogP contribution in [0.2, 0.25) is 0 Å². The van der Waals surface area contributed by atoms with E-state index in [-0.39, 0.29) is 11.8 Å². The van der Waals surface area contributed by atoms with Crippen LogP contribution in [0.15, 0.2) is 24.3 Å². The third-order valence-corrected chi connectivity index (χ3v) is 3.75. The predicted molar refractivity (Wildman–Crippen MR) is 96.6 cm³/mol. The van der Waals surface area contributed by atoms with E-state index >= 15 is 0 Å². The van der Waals surface area contributed by atoms with Crippen molar-refractivity contribution < 1.29 is 23.9 Å². The van der Waals surface area contributed by atoms with Gasteiger partial charge in [-0.15, -0.1) is 0 Å². The first-order chi connectivity index (χ1) is 12.2. The number of methoxy groups -OCH3 is 1. The summed E-state index contributed by atoms with van der Waals surface area (Å²) in [6.45, 7) is 6.91. The first-order valence-electron chi connectivity index (χ1n) is 8.14. The van der Waals surface area contributed by atoms with E-state index in [1.807, 2.05) is 0 Å². The number of aromatic nitrogens is 1. The number of amides is 1. The third kappa shape index (κ3) is 4.11. The fraction of sp³-hybridized carbons (Fsp3) is 0.316. The molecule has 0 saturated heterocycles. The average molecular weight is 358 g/mol. The van der Waals surface area contributed by atoms with Crippen molar-refractivity contribution in [3.63, 3.8) is 0 Å². The Morgan fingerprint density at radius 1 is 1.12 bits per heavy atom. The second kappa shape index (κ2) is 7.86. The van der Waals surface area contributed by atoms with Gasteiger partial charge in [0, 0.05) is 11.4 Å². The number of H-pyrrole nitrogens is 1. The zero-order chi connectivity index (χ0) is 19.4. The lowest BCUT2D eigenvalue weighted by Gasteiger charge is -2.08. The van der Waals surface area contributed by atoms with Gasteiger partial charge in [0.2, 0.25) is 0 Å². The molecule has 2 aromatic rings. The molecular weight excluding hydrogens is 336 g/mol. The Labute approximate surface area is 151 Å². The summed E-state index contributed by atoms with van der Waals surface area (Å²) in [7, 11) is 1.29. The van der Waals surface area contributed by atoms with Crippen LogP contribution >= 0.6 is 0 Å². The van der Waals surface area contributed by atoms with E-state index in [0.717, 1.165) is 0 Å². The van der Waals surface area contributed by atoms with Gasteiger partial charge in [0.15, 0.2) is 0 Å². The molecule has 7 heteroatoms. The van der Waals surface area contributed by atoms with Crippen molar-refractivity contribution in [3.8, 4) is 0 Å². The van der Waals surface area contributed by atoms with E-state index in [9.17, 15) is 14.4 Å². The van der Waals surface area contributed by atoms with E-state index < -0.39 is 17.8 Å². The van der Waals surface area contributed by atoms with E-state index in [2.05, 4.69) is 15.0 Å². The van der Waals surface area contributed by atoms with E-state index in [0.29, 0.717) is 28.1 Å². The van der Waals surface area contributed by atoms with Crippen LogP contribution in [0.4, 0.5) is 5.69 Å². The molecule has 26 heavy (non-hydrogen) atoms. The van der Waals surface area contributed by atoms with Gasteiger partial charge in [-0.1, -0.05) is 6.07 Å². The molecule has 0 bridgehead atoms. The minimum atomic E-state index is -0.494. The molecule has 0 fully saturated rings. The molecule has 1 aromatic heterocycles. The number of esters is 2. The van der Waals surface area contributed by atoms with Gasteiger partial charge >= 0.3 is 11.9 Å². The summed E-state index contributed by atoms with van der Waals surface area (Å²) >= 11 is 0. The molecular formula is C19H22N2O5. The molecule has 0 aliphatic heterocycles. The zero-order valence-corrected chi connectivity index (χ0v) is 15.4. The van der Waals surface area contributed by atoms with E-state index in [1.54, 1.807) is 45.9 Å². The van der Waals surface area contributed by atoms with Crippen LogP contribution in [0.3, 0.4) is 0 Å². The van der Waals surface area contributed by atoms with Gasteiger partial charge in [-0.25, -0.2) is 9.59 Å². The highest BCUT2D eigenvalue weighted by Crippen LogP contribution is 2.21. The molecule has 0 aliphatic carbocycles. The maximum absolute atomic E-state index is 12.6. The van der Waals surface area contributed by atoms with Gasteiger partial charge in [-0.05, 0) is 51.5 Å². The average Bonchev–Trinajstić information content (AvgIpc) is 2.88. The molecule has 2 rings (SSSR count). The van der Waals surface area contributed by atoms with Gasteiger partial charge in [0.1, 0.15) is 5.69 Å². The third-order valence-electron chi connectivity index (χ3n) is 3.75. The van der Waals surface area contributed by atoms with Crippen molar-refractivity contribution in [2.75, 3.05) is 12.4 Å². The number of nitrogens with one attached hydrogen (secondary N) is 2. The highest BCUT2D eigenvalue weighted by molar-refractivity contribution is 6.07. The van der Waals surface area contributed by atoms with Crippen molar-refractivity contribution in [1.82, 2.24) is 4.98 Å². The van der Waals surface area contributed by atoms with Crippen LogP contribution in [0.25, 0.3) is 0 Å². The Balaban J connectivity index is 2.26. The minimum Gasteiger partial charge on any atom is -0.465 e. The highest BCUT2D eigenvalue weighted by Gasteiger charge is 2.23. The number of carbonyl (C=O) groups excluding carboxylic acids is 3. The molecule has 0 radical (unpaired) electrons. The van der Waals surface area contributed by atoms with Gasteiger partial charge in [0.25, 0.3) is 5.91 Å². The number of rotatable bonds is 5. The number of hydrogen-bond donors (Lipinski definition) is 2. The smallest absolute Gasteiger partial charge is 0.340 e. The van der Waals surface area contributed by atoms with Crippen molar-refractivity contribution >= 4 is 23.5 Å². The molecule has 0 spiro atoms. The first-order valence-corrected chi connectivity index (χ1v) is 8.14. The molecule has 0 saturated carbocycles. The van der Waals surface area contributed by atoms with Gasteiger partial charge in [0.05, 0.1) is 24.3 Å². The molecule has 0 atom stereocenters. The normalized spacial score (nSPS) is 10.5. The summed E-state index contributed by atoms with van der Waals surface area (Å²) in [5.74, 6) is -1.39. The Hall–Kier alpha value is -3.09. The van der Waals surface area contributed by atoms with E-state index in [1.165, 1.54) is 13.2 Å². The Kier molecular flexibility index (Phi) is 5.82. The quantitative estimate of drug-likeness (QED) is 0.800. The molecule has 138 valence electrons.